The number of nitrogens with zero attached hydrogens (tertiary/aromatic N) is 3. The summed E-state index contributed by atoms with van der Waals surface area (Å²) in [5, 5.41) is 8.35. The predicted octanol–water partition coefficient (Wildman–Crippen LogP) is 3.97. The van der Waals surface area contributed by atoms with Gasteiger partial charge in [0.25, 0.3) is 0 Å². The van der Waals surface area contributed by atoms with Crippen molar-refractivity contribution in [1.29, 1.82) is 0 Å². The first-order valence-corrected chi connectivity index (χ1v) is 9.28. The summed E-state index contributed by atoms with van der Waals surface area (Å²) < 4.78 is 10.7. The number of halogens is 2. The lowest BCUT2D eigenvalue weighted by atomic mass is 10.0. The average molecular weight is 421 g/mol. The molecule has 0 aliphatic carbocycles. The average Bonchev–Trinajstić information content (AvgIpc) is 3.18. The lowest BCUT2D eigenvalue weighted by Gasteiger charge is -2.35. The van der Waals surface area contributed by atoms with Crippen LogP contribution in [0, 0.1) is 0 Å². The smallest absolute Gasteiger partial charge is 0.241 e. The van der Waals surface area contributed by atoms with Gasteiger partial charge in [-0.1, -0.05) is 35.0 Å². The molecule has 0 bridgehead atoms. The van der Waals surface area contributed by atoms with E-state index in [1.54, 1.807) is 7.11 Å². The first kappa shape index (κ1) is 20.6. The molecule has 0 saturated carbocycles. The molecule has 6 nitrogen and oxygen atoms in total. The van der Waals surface area contributed by atoms with Gasteiger partial charge >= 0.3 is 0 Å². The van der Waals surface area contributed by atoms with E-state index >= 15 is 0 Å². The van der Waals surface area contributed by atoms with Crippen molar-refractivity contribution in [3.05, 3.63) is 65.0 Å². The molecule has 4 rings (SSSR count). The Morgan fingerprint density at radius 2 is 2.00 bits per heavy atom. The quantitative estimate of drug-likeness (QED) is 0.673. The Kier molecular flexibility index (Phi) is 6.91. The van der Waals surface area contributed by atoms with Gasteiger partial charge in [0.15, 0.2) is 0 Å². The highest BCUT2D eigenvalue weighted by Gasteiger charge is 2.27. The van der Waals surface area contributed by atoms with Crippen LogP contribution in [0.5, 0.6) is 5.75 Å². The van der Waals surface area contributed by atoms with Gasteiger partial charge in [0.05, 0.1) is 13.7 Å². The van der Waals surface area contributed by atoms with Gasteiger partial charge in [0, 0.05) is 36.3 Å². The van der Waals surface area contributed by atoms with Crippen molar-refractivity contribution in [2.75, 3.05) is 26.7 Å². The molecule has 1 aliphatic rings. The topological polar surface area (TPSA) is 63.4 Å². The zero-order chi connectivity index (χ0) is 18.6. The van der Waals surface area contributed by atoms with Crippen molar-refractivity contribution < 1.29 is 9.26 Å². The Hall–Kier alpha value is -2.12. The fourth-order valence-corrected chi connectivity index (χ4v) is 3.60. The van der Waals surface area contributed by atoms with Crippen molar-refractivity contribution in [1.82, 2.24) is 20.4 Å². The van der Waals surface area contributed by atoms with E-state index in [4.69, 9.17) is 20.9 Å². The van der Waals surface area contributed by atoms with Gasteiger partial charge in [-0.2, -0.15) is 4.98 Å². The predicted molar refractivity (Wildman–Crippen MR) is 111 cm³/mol. The third kappa shape index (κ3) is 4.47. The summed E-state index contributed by atoms with van der Waals surface area (Å²) in [5.41, 5.74) is 2.01. The van der Waals surface area contributed by atoms with Crippen LogP contribution in [0.15, 0.2) is 53.1 Å². The van der Waals surface area contributed by atoms with Gasteiger partial charge in [-0.25, -0.2) is 0 Å². The zero-order valence-electron chi connectivity index (χ0n) is 15.5. The third-order valence-electron chi connectivity index (χ3n) is 4.77. The number of piperazine rings is 1. The fraction of sp³-hybridized carbons (Fsp3) is 0.300. The summed E-state index contributed by atoms with van der Waals surface area (Å²) in [5.74, 6) is 1.97. The zero-order valence-corrected chi connectivity index (χ0v) is 17.0. The third-order valence-corrected chi connectivity index (χ3v) is 5.12. The molecule has 2 heterocycles. The molecule has 1 N–H and O–H groups in total. The Morgan fingerprint density at radius 1 is 1.21 bits per heavy atom. The van der Waals surface area contributed by atoms with Crippen molar-refractivity contribution in [2.24, 2.45) is 0 Å². The maximum atomic E-state index is 6.42. The standard InChI is InChI=1S/C20H21ClN4O2.ClH/c1-26-15-8-6-14(7-9-15)20-23-19(27-24-20)13-25-11-10-22-12-18(25)16-4-2-3-5-17(16)21;/h2-9,18,22H,10-13H2,1H3;1H. The van der Waals surface area contributed by atoms with Crippen LogP contribution in [0.1, 0.15) is 17.5 Å². The van der Waals surface area contributed by atoms with Crippen molar-refractivity contribution >= 4 is 24.0 Å². The van der Waals surface area contributed by atoms with E-state index < -0.39 is 0 Å². The molecule has 1 unspecified atom stereocenters. The van der Waals surface area contributed by atoms with E-state index in [-0.39, 0.29) is 18.4 Å². The largest absolute Gasteiger partial charge is 0.497 e. The number of rotatable bonds is 5. The van der Waals surface area contributed by atoms with Gasteiger partial charge in [-0.05, 0) is 35.9 Å². The van der Waals surface area contributed by atoms with E-state index in [2.05, 4.69) is 26.4 Å². The summed E-state index contributed by atoms with van der Waals surface area (Å²) in [7, 11) is 1.64. The van der Waals surface area contributed by atoms with Crippen LogP contribution in [0.4, 0.5) is 0 Å². The molecule has 8 heteroatoms. The van der Waals surface area contributed by atoms with Gasteiger partial charge in [-0.3, -0.25) is 4.90 Å². The maximum absolute atomic E-state index is 6.42. The van der Waals surface area contributed by atoms with Crippen LogP contribution in [-0.4, -0.2) is 41.8 Å². The molecule has 0 amide bonds. The first-order valence-electron chi connectivity index (χ1n) is 8.91. The molecule has 148 valence electrons. The molecule has 0 radical (unpaired) electrons. The highest BCUT2D eigenvalue weighted by molar-refractivity contribution is 6.31. The van der Waals surface area contributed by atoms with E-state index in [1.807, 2.05) is 42.5 Å². The number of aromatic nitrogens is 2. The molecular formula is C20H22Cl2N4O2. The summed E-state index contributed by atoms with van der Waals surface area (Å²) in [6.07, 6.45) is 0. The Morgan fingerprint density at radius 3 is 2.75 bits per heavy atom. The Bertz CT molecular complexity index is 901. The van der Waals surface area contributed by atoms with Crippen molar-refractivity contribution in [3.8, 4) is 17.1 Å². The minimum Gasteiger partial charge on any atom is -0.497 e. The van der Waals surface area contributed by atoms with E-state index in [0.29, 0.717) is 18.3 Å². The van der Waals surface area contributed by atoms with Gasteiger partial charge in [0.2, 0.25) is 11.7 Å². The van der Waals surface area contributed by atoms with Crippen LogP contribution in [0.2, 0.25) is 5.02 Å². The summed E-state index contributed by atoms with van der Waals surface area (Å²) in [6, 6.07) is 15.7. The van der Waals surface area contributed by atoms with Gasteiger partial charge < -0.3 is 14.6 Å². The lowest BCUT2D eigenvalue weighted by molar-refractivity contribution is 0.136. The van der Waals surface area contributed by atoms with Crippen LogP contribution >= 0.6 is 24.0 Å². The number of nitrogens with one attached hydrogen (secondary N) is 1. The summed E-state index contributed by atoms with van der Waals surface area (Å²) in [6.45, 7) is 3.22. The molecule has 3 aromatic rings. The summed E-state index contributed by atoms with van der Waals surface area (Å²) in [4.78, 5) is 6.89. The fourth-order valence-electron chi connectivity index (χ4n) is 3.34. The normalized spacial score (nSPS) is 17.1. The number of benzene rings is 2. The van der Waals surface area contributed by atoms with Gasteiger partial charge in [-0.15, -0.1) is 12.4 Å². The van der Waals surface area contributed by atoms with Crippen LogP contribution in [-0.2, 0) is 6.54 Å². The molecule has 1 atom stereocenters. The van der Waals surface area contributed by atoms with E-state index in [0.717, 1.165) is 41.5 Å². The highest BCUT2D eigenvalue weighted by atomic mass is 35.5. The second-order valence-corrected chi connectivity index (χ2v) is 6.86. The second kappa shape index (κ2) is 9.39. The Balaban J connectivity index is 0.00000225. The van der Waals surface area contributed by atoms with Crippen LogP contribution in [0.25, 0.3) is 11.4 Å². The molecule has 28 heavy (non-hydrogen) atoms. The number of ether oxygens (including phenoxy) is 1. The molecule has 0 spiro atoms. The number of methoxy groups -OCH3 is 1. The molecule has 1 saturated heterocycles. The second-order valence-electron chi connectivity index (χ2n) is 6.45. The van der Waals surface area contributed by atoms with Crippen molar-refractivity contribution in [3.63, 3.8) is 0 Å². The first-order chi connectivity index (χ1) is 13.2. The monoisotopic (exact) mass is 420 g/mol. The maximum Gasteiger partial charge on any atom is 0.241 e. The van der Waals surface area contributed by atoms with Crippen molar-refractivity contribution in [2.45, 2.75) is 12.6 Å². The molecule has 1 aromatic heterocycles. The molecule has 1 fully saturated rings. The lowest BCUT2D eigenvalue weighted by Crippen LogP contribution is -2.45. The molecule has 2 aromatic carbocycles. The Labute approximate surface area is 175 Å². The van der Waals surface area contributed by atoms with Crippen LogP contribution < -0.4 is 10.1 Å². The SMILES string of the molecule is COc1ccc(-c2noc(CN3CCNCC3c3ccccc3Cl)n2)cc1.Cl. The molecular weight excluding hydrogens is 399 g/mol. The minimum absolute atomic E-state index is 0. The van der Waals surface area contributed by atoms with Crippen LogP contribution in [0.3, 0.4) is 0 Å². The van der Waals surface area contributed by atoms with E-state index in [1.165, 1.54) is 0 Å². The minimum atomic E-state index is 0. The number of hydrogen-bond donors (Lipinski definition) is 1. The highest BCUT2D eigenvalue weighted by Crippen LogP contribution is 2.29. The summed E-state index contributed by atoms with van der Waals surface area (Å²) >= 11 is 6.42. The number of hydrogen-bond acceptors (Lipinski definition) is 6. The van der Waals surface area contributed by atoms with E-state index in [9.17, 15) is 0 Å². The molecule has 1 aliphatic heterocycles. The van der Waals surface area contributed by atoms with Gasteiger partial charge in [0.1, 0.15) is 5.75 Å².